The minimum Gasteiger partial charge on any atom is -0.358 e. The van der Waals surface area contributed by atoms with Gasteiger partial charge >= 0.3 is 0 Å². The summed E-state index contributed by atoms with van der Waals surface area (Å²) in [6.45, 7) is 6.11. The number of nitrogens with zero attached hydrogens (tertiary/aromatic N) is 2. The molecule has 0 aliphatic carbocycles. The highest BCUT2D eigenvalue weighted by molar-refractivity contribution is 5.80. The fraction of sp³-hybridized carbons (Fsp3) is 0.500. The van der Waals surface area contributed by atoms with E-state index in [1.807, 2.05) is 0 Å². The number of aryl methyl sites for hydroxylation is 1. The van der Waals surface area contributed by atoms with E-state index < -0.39 is 0 Å². The molecular weight excluding hydrogens is 234 g/mol. The third kappa shape index (κ3) is 3.17. The topological polar surface area (TPSA) is 22.3 Å². The van der Waals surface area contributed by atoms with Gasteiger partial charge in [-0.15, -0.1) is 0 Å². The summed E-state index contributed by atoms with van der Waals surface area (Å²) in [5, 5.41) is 1.33. The summed E-state index contributed by atoms with van der Waals surface area (Å²) in [6, 6.07) is 10.8. The highest BCUT2D eigenvalue weighted by Gasteiger charge is 2.12. The summed E-state index contributed by atoms with van der Waals surface area (Å²) in [5.74, 6) is 0. The van der Waals surface area contributed by atoms with Crippen molar-refractivity contribution < 1.29 is 0 Å². The van der Waals surface area contributed by atoms with Crippen LogP contribution in [0.5, 0.6) is 0 Å². The first-order valence-corrected chi connectivity index (χ1v) is 7.29. The lowest BCUT2D eigenvalue weighted by Crippen LogP contribution is -2.44. The Balaban J connectivity index is 1.49. The number of likely N-dealkylation sites (N-methyl/N-ethyl adjacent to an activating group) is 1. The van der Waals surface area contributed by atoms with Crippen LogP contribution in [0.15, 0.2) is 30.3 Å². The number of aromatic nitrogens is 1. The zero-order valence-electron chi connectivity index (χ0n) is 11.7. The lowest BCUT2D eigenvalue weighted by molar-refractivity contribution is 0.153. The van der Waals surface area contributed by atoms with Crippen molar-refractivity contribution in [3.63, 3.8) is 0 Å². The number of aromatic amines is 1. The summed E-state index contributed by atoms with van der Waals surface area (Å²) < 4.78 is 0. The van der Waals surface area contributed by atoms with Crippen molar-refractivity contribution in [2.24, 2.45) is 0 Å². The van der Waals surface area contributed by atoms with Crippen molar-refractivity contribution in [3.8, 4) is 0 Å². The van der Waals surface area contributed by atoms with E-state index >= 15 is 0 Å². The van der Waals surface area contributed by atoms with Crippen LogP contribution >= 0.6 is 0 Å². The van der Waals surface area contributed by atoms with Crippen molar-refractivity contribution >= 4 is 10.9 Å². The van der Waals surface area contributed by atoms with Gasteiger partial charge in [0, 0.05) is 37.4 Å². The molecule has 19 heavy (non-hydrogen) atoms. The van der Waals surface area contributed by atoms with Crippen LogP contribution in [0.25, 0.3) is 10.9 Å². The van der Waals surface area contributed by atoms with Crippen molar-refractivity contribution in [2.75, 3.05) is 39.8 Å². The number of para-hydroxylation sites is 1. The highest BCUT2D eigenvalue weighted by atomic mass is 15.2. The van der Waals surface area contributed by atoms with Gasteiger partial charge in [0.2, 0.25) is 0 Å². The molecule has 1 saturated heterocycles. The molecule has 0 saturated carbocycles. The minimum absolute atomic E-state index is 1.15. The second kappa shape index (κ2) is 5.76. The third-order valence-electron chi connectivity index (χ3n) is 4.10. The zero-order chi connectivity index (χ0) is 13.1. The van der Waals surface area contributed by atoms with Gasteiger partial charge in [-0.05, 0) is 44.0 Å². The number of piperazine rings is 1. The molecule has 0 bridgehead atoms. The van der Waals surface area contributed by atoms with Gasteiger partial charge in [-0.1, -0.05) is 18.2 Å². The maximum Gasteiger partial charge on any atom is 0.0456 e. The first-order valence-electron chi connectivity index (χ1n) is 7.29. The van der Waals surface area contributed by atoms with Crippen molar-refractivity contribution in [1.29, 1.82) is 0 Å². The van der Waals surface area contributed by atoms with E-state index in [9.17, 15) is 0 Å². The number of hydrogen-bond donors (Lipinski definition) is 1. The van der Waals surface area contributed by atoms with Gasteiger partial charge in [-0.25, -0.2) is 0 Å². The standard InChI is InChI=1S/C16H23N3/c1-18-9-11-19(12-10-18)8-4-6-15-13-14-5-2-3-7-16(14)17-15/h2-3,5,7,13,17H,4,6,8-12H2,1H3. The van der Waals surface area contributed by atoms with E-state index in [1.165, 1.54) is 55.7 Å². The maximum atomic E-state index is 3.51. The Morgan fingerprint density at radius 2 is 1.89 bits per heavy atom. The van der Waals surface area contributed by atoms with Gasteiger partial charge in [-0.3, -0.25) is 0 Å². The molecule has 0 spiro atoms. The number of nitrogens with one attached hydrogen (secondary N) is 1. The van der Waals surface area contributed by atoms with Crippen molar-refractivity contribution in [1.82, 2.24) is 14.8 Å². The van der Waals surface area contributed by atoms with Gasteiger partial charge in [-0.2, -0.15) is 0 Å². The van der Waals surface area contributed by atoms with Gasteiger partial charge in [0.15, 0.2) is 0 Å². The van der Waals surface area contributed by atoms with E-state index in [4.69, 9.17) is 0 Å². The Kier molecular flexibility index (Phi) is 3.85. The molecule has 1 aromatic carbocycles. The summed E-state index contributed by atoms with van der Waals surface area (Å²) in [5.41, 5.74) is 2.63. The fourth-order valence-corrected chi connectivity index (χ4v) is 2.83. The van der Waals surface area contributed by atoms with Crippen LogP contribution < -0.4 is 0 Å². The zero-order valence-corrected chi connectivity index (χ0v) is 11.7. The number of benzene rings is 1. The minimum atomic E-state index is 1.15. The molecule has 0 amide bonds. The normalized spacial score (nSPS) is 18.2. The van der Waals surface area contributed by atoms with Crippen molar-refractivity contribution in [3.05, 3.63) is 36.0 Å². The van der Waals surface area contributed by atoms with E-state index in [-0.39, 0.29) is 0 Å². The van der Waals surface area contributed by atoms with Crippen LogP contribution in [0, 0.1) is 0 Å². The van der Waals surface area contributed by atoms with E-state index in [0.29, 0.717) is 0 Å². The van der Waals surface area contributed by atoms with Crippen molar-refractivity contribution in [2.45, 2.75) is 12.8 Å². The molecule has 2 aromatic rings. The molecule has 3 rings (SSSR count). The van der Waals surface area contributed by atoms with E-state index in [2.05, 4.69) is 52.2 Å². The molecule has 1 aliphatic rings. The molecule has 1 N–H and O–H groups in total. The molecule has 2 heterocycles. The second-order valence-corrected chi connectivity index (χ2v) is 5.63. The average Bonchev–Trinajstić information content (AvgIpc) is 2.83. The fourth-order valence-electron chi connectivity index (χ4n) is 2.83. The van der Waals surface area contributed by atoms with E-state index in [0.717, 1.165) is 6.42 Å². The number of fused-ring (bicyclic) bond motifs is 1. The Morgan fingerprint density at radius 3 is 2.68 bits per heavy atom. The highest BCUT2D eigenvalue weighted by Crippen LogP contribution is 2.15. The number of H-pyrrole nitrogens is 1. The van der Waals surface area contributed by atoms with Gasteiger partial charge < -0.3 is 14.8 Å². The Morgan fingerprint density at radius 1 is 1.11 bits per heavy atom. The number of hydrogen-bond acceptors (Lipinski definition) is 2. The summed E-state index contributed by atoms with van der Waals surface area (Å²) in [6.07, 6.45) is 2.40. The smallest absolute Gasteiger partial charge is 0.0456 e. The van der Waals surface area contributed by atoms with Crippen LogP contribution in [0.4, 0.5) is 0 Å². The van der Waals surface area contributed by atoms with Crippen LogP contribution in [0.2, 0.25) is 0 Å². The molecule has 1 aromatic heterocycles. The molecule has 0 unspecified atom stereocenters. The summed E-state index contributed by atoms with van der Waals surface area (Å²) in [7, 11) is 2.21. The van der Waals surface area contributed by atoms with Gasteiger partial charge in [0.05, 0.1) is 0 Å². The molecule has 3 heteroatoms. The molecule has 1 aliphatic heterocycles. The lowest BCUT2D eigenvalue weighted by Gasteiger charge is -2.32. The monoisotopic (exact) mass is 257 g/mol. The average molecular weight is 257 g/mol. The SMILES string of the molecule is CN1CCN(CCCc2cc3ccccc3[nH]2)CC1. The molecule has 102 valence electrons. The van der Waals surface area contributed by atoms with Gasteiger partial charge in [0.25, 0.3) is 0 Å². The predicted molar refractivity (Wildman–Crippen MR) is 80.6 cm³/mol. The maximum absolute atomic E-state index is 3.51. The second-order valence-electron chi connectivity index (χ2n) is 5.63. The molecular formula is C16H23N3. The molecule has 1 fully saturated rings. The van der Waals surface area contributed by atoms with Crippen LogP contribution in [-0.4, -0.2) is 54.6 Å². The molecule has 0 atom stereocenters. The lowest BCUT2D eigenvalue weighted by atomic mass is 10.2. The Hall–Kier alpha value is -1.32. The quantitative estimate of drug-likeness (QED) is 0.908. The first kappa shape index (κ1) is 12.7. The summed E-state index contributed by atoms with van der Waals surface area (Å²) in [4.78, 5) is 8.51. The molecule has 0 radical (unpaired) electrons. The Labute approximate surface area is 115 Å². The largest absolute Gasteiger partial charge is 0.358 e. The Bertz CT molecular complexity index is 491. The summed E-state index contributed by atoms with van der Waals surface area (Å²) >= 11 is 0. The van der Waals surface area contributed by atoms with Crippen LogP contribution in [-0.2, 0) is 6.42 Å². The molecule has 3 nitrogen and oxygen atoms in total. The van der Waals surface area contributed by atoms with Gasteiger partial charge in [0.1, 0.15) is 0 Å². The third-order valence-corrected chi connectivity index (χ3v) is 4.10. The van der Waals surface area contributed by atoms with Crippen LogP contribution in [0.1, 0.15) is 12.1 Å². The van der Waals surface area contributed by atoms with Crippen LogP contribution in [0.3, 0.4) is 0 Å². The predicted octanol–water partition coefficient (Wildman–Crippen LogP) is 2.35. The van der Waals surface area contributed by atoms with E-state index in [1.54, 1.807) is 0 Å². The first-order chi connectivity index (χ1) is 9.31. The number of rotatable bonds is 4.